The molecule has 6 heteroatoms. The van der Waals surface area contributed by atoms with Crippen molar-refractivity contribution in [1.29, 1.82) is 0 Å². The summed E-state index contributed by atoms with van der Waals surface area (Å²) in [6, 6.07) is 4.11. The second-order valence-corrected chi connectivity index (χ2v) is 4.91. The van der Waals surface area contributed by atoms with Crippen LogP contribution in [-0.4, -0.2) is 34.9 Å². The van der Waals surface area contributed by atoms with Crippen molar-refractivity contribution in [2.45, 2.75) is 25.9 Å². The average Bonchev–Trinajstić information content (AvgIpc) is 2.80. The number of carbonyl (C=O) groups excluding carboxylic acids is 1. The molecule has 5 nitrogen and oxygen atoms in total. The molecule has 1 aromatic carbocycles. The highest BCUT2D eigenvalue weighted by molar-refractivity contribution is 5.82. The zero-order valence-corrected chi connectivity index (χ0v) is 11.2. The summed E-state index contributed by atoms with van der Waals surface area (Å²) in [4.78, 5) is 18.1. The van der Waals surface area contributed by atoms with Gasteiger partial charge in [0.1, 0.15) is 11.3 Å². The molecule has 1 atom stereocenters. The van der Waals surface area contributed by atoms with Crippen LogP contribution in [0.25, 0.3) is 11.1 Å². The SMILES string of the molecule is CCC1C(=O)NCCN1Cc1nc2cc(F)ccc2o1. The van der Waals surface area contributed by atoms with Crippen LogP contribution in [-0.2, 0) is 11.3 Å². The molecule has 1 fully saturated rings. The predicted octanol–water partition coefficient (Wildman–Crippen LogP) is 1.68. The number of nitrogens with zero attached hydrogens (tertiary/aromatic N) is 2. The molecule has 0 spiro atoms. The van der Waals surface area contributed by atoms with Gasteiger partial charge >= 0.3 is 0 Å². The van der Waals surface area contributed by atoms with Crippen LogP contribution in [0.5, 0.6) is 0 Å². The number of benzene rings is 1. The quantitative estimate of drug-likeness (QED) is 0.927. The zero-order chi connectivity index (χ0) is 14.1. The van der Waals surface area contributed by atoms with Crippen molar-refractivity contribution in [2.75, 3.05) is 13.1 Å². The third-order valence-electron chi connectivity index (χ3n) is 3.56. The minimum absolute atomic E-state index is 0.0425. The second kappa shape index (κ2) is 5.20. The Labute approximate surface area is 115 Å². The number of aromatic nitrogens is 1. The van der Waals surface area contributed by atoms with Crippen LogP contribution in [0.3, 0.4) is 0 Å². The van der Waals surface area contributed by atoms with E-state index < -0.39 is 0 Å². The van der Waals surface area contributed by atoms with Gasteiger partial charge in [0.25, 0.3) is 0 Å². The topological polar surface area (TPSA) is 58.4 Å². The van der Waals surface area contributed by atoms with Crippen molar-refractivity contribution >= 4 is 17.0 Å². The van der Waals surface area contributed by atoms with E-state index in [0.717, 1.165) is 13.0 Å². The molecule has 0 bridgehead atoms. The Morgan fingerprint density at radius 2 is 2.40 bits per heavy atom. The number of amides is 1. The molecule has 2 heterocycles. The Hall–Kier alpha value is -1.95. The van der Waals surface area contributed by atoms with Gasteiger partial charge < -0.3 is 9.73 Å². The molecule has 1 aliphatic rings. The Morgan fingerprint density at radius 1 is 1.55 bits per heavy atom. The molecule has 106 valence electrons. The summed E-state index contributed by atoms with van der Waals surface area (Å²) in [6.07, 6.45) is 0.737. The number of halogens is 1. The molecule has 1 amide bonds. The summed E-state index contributed by atoms with van der Waals surface area (Å²) in [6.45, 7) is 3.83. The summed E-state index contributed by atoms with van der Waals surface area (Å²) in [5.74, 6) is 0.223. The fourth-order valence-corrected chi connectivity index (χ4v) is 2.58. The number of nitrogens with one attached hydrogen (secondary N) is 1. The molecular formula is C14H16FN3O2. The van der Waals surface area contributed by atoms with Gasteiger partial charge in [0.15, 0.2) is 5.58 Å². The molecule has 2 aromatic rings. The first-order valence-corrected chi connectivity index (χ1v) is 6.74. The van der Waals surface area contributed by atoms with E-state index >= 15 is 0 Å². The van der Waals surface area contributed by atoms with Crippen molar-refractivity contribution in [3.8, 4) is 0 Å². The van der Waals surface area contributed by atoms with Crippen molar-refractivity contribution in [3.05, 3.63) is 29.9 Å². The van der Waals surface area contributed by atoms with Gasteiger partial charge in [-0.2, -0.15) is 0 Å². The number of oxazole rings is 1. The lowest BCUT2D eigenvalue weighted by Crippen LogP contribution is -2.54. The Morgan fingerprint density at radius 3 is 3.20 bits per heavy atom. The van der Waals surface area contributed by atoms with Gasteiger partial charge in [-0.15, -0.1) is 0 Å². The van der Waals surface area contributed by atoms with Crippen LogP contribution in [0.15, 0.2) is 22.6 Å². The van der Waals surface area contributed by atoms with E-state index in [4.69, 9.17) is 4.42 Å². The third kappa shape index (κ3) is 2.38. The van der Waals surface area contributed by atoms with Crippen molar-refractivity contribution in [1.82, 2.24) is 15.2 Å². The fraction of sp³-hybridized carbons (Fsp3) is 0.429. The lowest BCUT2D eigenvalue weighted by Gasteiger charge is -2.33. The van der Waals surface area contributed by atoms with E-state index in [1.165, 1.54) is 12.1 Å². The van der Waals surface area contributed by atoms with Crippen LogP contribution in [0.1, 0.15) is 19.2 Å². The van der Waals surface area contributed by atoms with Crippen molar-refractivity contribution in [3.63, 3.8) is 0 Å². The van der Waals surface area contributed by atoms with E-state index in [1.54, 1.807) is 6.07 Å². The van der Waals surface area contributed by atoms with E-state index in [9.17, 15) is 9.18 Å². The first kappa shape index (κ1) is 13.1. The Kier molecular flexibility index (Phi) is 3.40. The number of hydrogen-bond donors (Lipinski definition) is 1. The molecule has 0 radical (unpaired) electrons. The Bertz CT molecular complexity index is 640. The van der Waals surface area contributed by atoms with Crippen LogP contribution >= 0.6 is 0 Å². The molecule has 1 saturated heterocycles. The number of carbonyl (C=O) groups is 1. The maximum Gasteiger partial charge on any atom is 0.237 e. The fourth-order valence-electron chi connectivity index (χ4n) is 2.58. The van der Waals surface area contributed by atoms with Crippen molar-refractivity contribution < 1.29 is 13.6 Å². The summed E-state index contributed by atoms with van der Waals surface area (Å²) in [5.41, 5.74) is 1.07. The van der Waals surface area contributed by atoms with Gasteiger partial charge in [0.05, 0.1) is 12.6 Å². The molecule has 0 saturated carbocycles. The summed E-state index contributed by atoms with van der Waals surface area (Å²) < 4.78 is 18.7. The summed E-state index contributed by atoms with van der Waals surface area (Å²) in [5, 5.41) is 2.85. The maximum atomic E-state index is 13.1. The van der Waals surface area contributed by atoms with Crippen LogP contribution in [0, 0.1) is 5.82 Å². The van der Waals surface area contributed by atoms with Crippen LogP contribution < -0.4 is 5.32 Å². The van der Waals surface area contributed by atoms with E-state index in [1.807, 2.05) is 11.8 Å². The first-order valence-electron chi connectivity index (χ1n) is 6.74. The predicted molar refractivity (Wildman–Crippen MR) is 71.5 cm³/mol. The van der Waals surface area contributed by atoms with E-state index in [2.05, 4.69) is 10.3 Å². The molecule has 0 aliphatic carbocycles. The molecule has 1 unspecified atom stereocenters. The van der Waals surface area contributed by atoms with Gasteiger partial charge in [-0.25, -0.2) is 9.37 Å². The molecule has 1 aromatic heterocycles. The third-order valence-corrected chi connectivity index (χ3v) is 3.56. The second-order valence-electron chi connectivity index (χ2n) is 4.91. The van der Waals surface area contributed by atoms with Gasteiger partial charge in [-0.05, 0) is 18.6 Å². The monoisotopic (exact) mass is 277 g/mol. The van der Waals surface area contributed by atoms with Gasteiger partial charge in [-0.3, -0.25) is 9.69 Å². The van der Waals surface area contributed by atoms with Crippen LogP contribution in [0.2, 0.25) is 0 Å². The highest BCUT2D eigenvalue weighted by atomic mass is 19.1. The van der Waals surface area contributed by atoms with Crippen LogP contribution in [0.4, 0.5) is 4.39 Å². The largest absolute Gasteiger partial charge is 0.439 e. The number of rotatable bonds is 3. The Balaban J connectivity index is 1.82. The minimum atomic E-state index is -0.332. The average molecular weight is 277 g/mol. The molecule has 1 N–H and O–H groups in total. The molecule has 1 aliphatic heterocycles. The number of piperazine rings is 1. The van der Waals surface area contributed by atoms with Gasteiger partial charge in [0, 0.05) is 19.2 Å². The highest BCUT2D eigenvalue weighted by Crippen LogP contribution is 2.19. The maximum absolute atomic E-state index is 13.1. The summed E-state index contributed by atoms with van der Waals surface area (Å²) in [7, 11) is 0. The van der Waals surface area contributed by atoms with Gasteiger partial charge in [0.2, 0.25) is 11.8 Å². The minimum Gasteiger partial charge on any atom is -0.439 e. The standard InChI is InChI=1S/C14H16FN3O2/c1-2-11-14(19)16-5-6-18(11)8-13-17-10-7-9(15)3-4-12(10)20-13/h3-4,7,11H,2,5-6,8H2,1H3,(H,16,19). The molecule has 3 rings (SSSR count). The zero-order valence-electron chi connectivity index (χ0n) is 11.2. The van der Waals surface area contributed by atoms with E-state index in [0.29, 0.717) is 30.1 Å². The number of fused-ring (bicyclic) bond motifs is 1. The highest BCUT2D eigenvalue weighted by Gasteiger charge is 2.29. The molecule has 20 heavy (non-hydrogen) atoms. The lowest BCUT2D eigenvalue weighted by molar-refractivity contribution is -0.129. The molecular weight excluding hydrogens is 261 g/mol. The van der Waals surface area contributed by atoms with Gasteiger partial charge in [-0.1, -0.05) is 6.92 Å². The normalized spacial score (nSPS) is 20.3. The lowest BCUT2D eigenvalue weighted by atomic mass is 10.1. The first-order chi connectivity index (χ1) is 9.67. The van der Waals surface area contributed by atoms with E-state index in [-0.39, 0.29) is 17.8 Å². The smallest absolute Gasteiger partial charge is 0.237 e. The number of hydrogen-bond acceptors (Lipinski definition) is 4. The van der Waals surface area contributed by atoms with Crippen molar-refractivity contribution in [2.24, 2.45) is 0 Å². The summed E-state index contributed by atoms with van der Waals surface area (Å²) >= 11 is 0.